The highest BCUT2D eigenvalue weighted by Crippen LogP contribution is 2.27. The number of ketones is 1. The summed E-state index contributed by atoms with van der Waals surface area (Å²) in [4.78, 5) is 22.7. The Kier molecular flexibility index (Phi) is 7.22. The monoisotopic (exact) mass is 228 g/mol. The maximum atomic E-state index is 11.7. The normalized spacial score (nSPS) is 16.5. The van der Waals surface area contributed by atoms with Gasteiger partial charge in [-0.2, -0.15) is 0 Å². The van der Waals surface area contributed by atoms with Crippen molar-refractivity contribution < 1.29 is 14.7 Å². The van der Waals surface area contributed by atoms with E-state index in [4.69, 9.17) is 0 Å². The van der Waals surface area contributed by atoms with Crippen molar-refractivity contribution in [3.63, 3.8) is 0 Å². The lowest BCUT2D eigenvalue weighted by molar-refractivity contribution is -0.147. The van der Waals surface area contributed by atoms with Gasteiger partial charge in [-0.3, -0.25) is 4.79 Å². The van der Waals surface area contributed by atoms with Gasteiger partial charge in [0.1, 0.15) is 11.9 Å². The second-order valence-electron chi connectivity index (χ2n) is 4.29. The summed E-state index contributed by atoms with van der Waals surface area (Å²) in [5.41, 5.74) is -1.44. The molecule has 16 heavy (non-hydrogen) atoms. The van der Waals surface area contributed by atoms with Crippen LogP contribution in [0, 0.1) is 5.92 Å². The molecule has 0 saturated heterocycles. The van der Waals surface area contributed by atoms with Crippen molar-refractivity contribution in [1.29, 1.82) is 0 Å². The van der Waals surface area contributed by atoms with Crippen molar-refractivity contribution in [3.05, 3.63) is 0 Å². The Morgan fingerprint density at radius 1 is 1.31 bits per heavy atom. The molecule has 1 N–H and O–H groups in total. The van der Waals surface area contributed by atoms with Crippen molar-refractivity contribution in [2.24, 2.45) is 5.92 Å². The molecular weight excluding hydrogens is 204 g/mol. The zero-order valence-corrected chi connectivity index (χ0v) is 10.7. The average Bonchev–Trinajstić information content (AvgIpc) is 2.32. The van der Waals surface area contributed by atoms with Gasteiger partial charge in [-0.1, -0.05) is 40.0 Å². The fraction of sp³-hybridized carbons (Fsp3) is 0.846. The number of Topliss-reactive ketones (excluding diaryl/α,β-unsaturated/α-hetero) is 1. The molecule has 0 aromatic heterocycles. The molecule has 0 aliphatic carbocycles. The highest BCUT2D eigenvalue weighted by Gasteiger charge is 2.40. The molecule has 0 aliphatic rings. The molecule has 0 radical (unpaired) electrons. The Bertz CT molecular complexity index is 225. The van der Waals surface area contributed by atoms with E-state index in [9.17, 15) is 14.7 Å². The molecule has 0 spiro atoms. The maximum absolute atomic E-state index is 11.7. The number of carbonyl (C=O) groups excluding carboxylic acids is 2. The minimum absolute atomic E-state index is 0.219. The quantitative estimate of drug-likeness (QED) is 0.487. The lowest BCUT2D eigenvalue weighted by atomic mass is 9.78. The van der Waals surface area contributed by atoms with Gasteiger partial charge >= 0.3 is 0 Å². The maximum Gasteiger partial charge on any atom is 0.164 e. The third kappa shape index (κ3) is 3.71. The van der Waals surface area contributed by atoms with E-state index in [0.717, 1.165) is 25.5 Å². The second kappa shape index (κ2) is 7.55. The van der Waals surface area contributed by atoms with E-state index in [1.807, 2.05) is 0 Å². The molecule has 2 atom stereocenters. The van der Waals surface area contributed by atoms with Crippen molar-refractivity contribution >= 4 is 12.1 Å². The lowest BCUT2D eigenvalue weighted by Crippen LogP contribution is -2.46. The molecule has 0 heterocycles. The van der Waals surface area contributed by atoms with Gasteiger partial charge in [0.25, 0.3) is 0 Å². The predicted molar refractivity (Wildman–Crippen MR) is 64.2 cm³/mol. The van der Waals surface area contributed by atoms with E-state index in [1.54, 1.807) is 13.8 Å². The summed E-state index contributed by atoms with van der Waals surface area (Å²) in [6, 6.07) is 0. The van der Waals surface area contributed by atoms with Gasteiger partial charge in [-0.15, -0.1) is 0 Å². The lowest BCUT2D eigenvalue weighted by Gasteiger charge is -2.30. The summed E-state index contributed by atoms with van der Waals surface area (Å²) in [5.74, 6) is -0.764. The minimum Gasteiger partial charge on any atom is -0.381 e. The minimum atomic E-state index is -1.44. The van der Waals surface area contributed by atoms with Gasteiger partial charge in [-0.25, -0.2) is 0 Å². The number of aliphatic hydroxyl groups is 1. The molecule has 3 heteroatoms. The van der Waals surface area contributed by atoms with Crippen molar-refractivity contribution in [1.82, 2.24) is 0 Å². The van der Waals surface area contributed by atoms with Gasteiger partial charge in [0.2, 0.25) is 0 Å². The first-order valence-corrected chi connectivity index (χ1v) is 6.27. The molecule has 0 aromatic carbocycles. The van der Waals surface area contributed by atoms with Gasteiger partial charge in [0, 0.05) is 6.42 Å². The summed E-state index contributed by atoms with van der Waals surface area (Å²) in [6.07, 6.45) is 4.93. The topological polar surface area (TPSA) is 54.4 Å². The van der Waals surface area contributed by atoms with Crippen molar-refractivity contribution in [2.75, 3.05) is 0 Å². The summed E-state index contributed by atoms with van der Waals surface area (Å²) in [7, 11) is 0. The van der Waals surface area contributed by atoms with Crippen LogP contribution in [0.15, 0.2) is 0 Å². The van der Waals surface area contributed by atoms with E-state index < -0.39 is 11.5 Å². The van der Waals surface area contributed by atoms with Crippen LogP contribution in [0.5, 0.6) is 0 Å². The Morgan fingerprint density at radius 2 is 1.94 bits per heavy atom. The molecule has 0 amide bonds. The number of hydrogen-bond donors (Lipinski definition) is 1. The van der Waals surface area contributed by atoms with Crippen LogP contribution in [0.25, 0.3) is 0 Å². The molecule has 0 rings (SSSR count). The van der Waals surface area contributed by atoms with Crippen LogP contribution in [0.2, 0.25) is 0 Å². The van der Waals surface area contributed by atoms with Crippen LogP contribution >= 0.6 is 0 Å². The smallest absolute Gasteiger partial charge is 0.164 e. The Hall–Kier alpha value is -0.700. The van der Waals surface area contributed by atoms with E-state index in [1.165, 1.54) is 0 Å². The number of rotatable bonds is 9. The highest BCUT2D eigenvalue weighted by atomic mass is 16.3. The van der Waals surface area contributed by atoms with Crippen LogP contribution in [-0.4, -0.2) is 22.8 Å². The summed E-state index contributed by atoms with van der Waals surface area (Å²) in [6.45, 7) is 5.56. The van der Waals surface area contributed by atoms with E-state index in [2.05, 4.69) is 6.92 Å². The predicted octanol–water partition coefficient (Wildman–Crippen LogP) is 2.50. The van der Waals surface area contributed by atoms with Gasteiger partial charge < -0.3 is 9.90 Å². The molecule has 0 bridgehead atoms. The van der Waals surface area contributed by atoms with Gasteiger partial charge in [-0.05, 0) is 12.8 Å². The molecule has 0 unspecified atom stereocenters. The van der Waals surface area contributed by atoms with Gasteiger partial charge in [0.15, 0.2) is 5.78 Å². The zero-order chi connectivity index (χ0) is 12.6. The van der Waals surface area contributed by atoms with E-state index >= 15 is 0 Å². The molecule has 94 valence electrons. The molecule has 3 nitrogen and oxygen atoms in total. The molecular formula is C13H24O3. The zero-order valence-electron chi connectivity index (χ0n) is 10.7. The first-order valence-electron chi connectivity index (χ1n) is 6.27. The summed E-state index contributed by atoms with van der Waals surface area (Å²) in [5, 5.41) is 10.3. The van der Waals surface area contributed by atoms with Crippen LogP contribution < -0.4 is 0 Å². The van der Waals surface area contributed by atoms with Crippen LogP contribution in [-0.2, 0) is 9.59 Å². The van der Waals surface area contributed by atoms with Crippen molar-refractivity contribution in [2.45, 2.75) is 64.9 Å². The van der Waals surface area contributed by atoms with Crippen LogP contribution in [0.1, 0.15) is 59.3 Å². The second-order valence-corrected chi connectivity index (χ2v) is 4.29. The number of carbonyl (C=O) groups is 2. The first kappa shape index (κ1) is 15.3. The molecule has 0 fully saturated rings. The average molecular weight is 228 g/mol. The SMILES string of the molecule is CCCCC[C@@H](C=O)[C@@](O)(CC)C(=O)CC. The Labute approximate surface area is 98.2 Å². The van der Waals surface area contributed by atoms with Crippen molar-refractivity contribution in [3.8, 4) is 0 Å². The fourth-order valence-electron chi connectivity index (χ4n) is 2.01. The molecule has 0 aliphatic heterocycles. The Morgan fingerprint density at radius 3 is 2.31 bits per heavy atom. The summed E-state index contributed by atoms with van der Waals surface area (Å²) < 4.78 is 0. The highest BCUT2D eigenvalue weighted by molar-refractivity contribution is 5.89. The standard InChI is InChI=1S/C13H24O3/c1-4-7-8-9-11(10-14)13(16,6-3)12(15)5-2/h10-11,16H,4-9H2,1-3H3/t11-,13-/m0/s1. The fourth-order valence-corrected chi connectivity index (χ4v) is 2.01. The first-order chi connectivity index (χ1) is 7.56. The number of hydrogen-bond acceptors (Lipinski definition) is 3. The van der Waals surface area contributed by atoms with Crippen LogP contribution in [0.3, 0.4) is 0 Å². The number of aldehydes is 1. The molecule has 0 aromatic rings. The van der Waals surface area contributed by atoms with Crippen LogP contribution in [0.4, 0.5) is 0 Å². The van der Waals surface area contributed by atoms with E-state index in [0.29, 0.717) is 12.8 Å². The van der Waals surface area contributed by atoms with E-state index in [-0.39, 0.29) is 12.2 Å². The summed E-state index contributed by atoms with van der Waals surface area (Å²) >= 11 is 0. The largest absolute Gasteiger partial charge is 0.381 e. The third-order valence-electron chi connectivity index (χ3n) is 3.24. The third-order valence-corrected chi connectivity index (χ3v) is 3.24. The molecule has 0 saturated carbocycles. The Balaban J connectivity index is 4.60. The number of unbranched alkanes of at least 4 members (excludes halogenated alkanes) is 2. The van der Waals surface area contributed by atoms with Gasteiger partial charge in [0.05, 0.1) is 5.92 Å².